The lowest BCUT2D eigenvalue weighted by Crippen LogP contribution is -2.40. The van der Waals surface area contributed by atoms with Gasteiger partial charge >= 0.3 is 5.97 Å². The van der Waals surface area contributed by atoms with Gasteiger partial charge in [-0.05, 0) is 79.9 Å². The number of amides is 1. The topological polar surface area (TPSA) is 60.9 Å². The normalized spacial score (nSPS) is 11.7. The average molecular weight is 451 g/mol. The van der Waals surface area contributed by atoms with Crippen LogP contribution in [0.4, 0.5) is 11.4 Å². The molecule has 0 radical (unpaired) electrons. The predicted octanol–water partition coefficient (Wildman–Crippen LogP) is 6.02. The summed E-state index contributed by atoms with van der Waals surface area (Å²) in [6.45, 7) is 6.26. The number of anilines is 2. The number of hydrogen-bond donors (Lipinski definition) is 1. The van der Waals surface area contributed by atoms with Crippen molar-refractivity contribution in [3.8, 4) is 11.1 Å². The van der Waals surface area contributed by atoms with Crippen LogP contribution in [0.2, 0.25) is 5.02 Å². The predicted molar refractivity (Wildman–Crippen MR) is 130 cm³/mol. The molecule has 1 N–H and O–H groups in total. The minimum Gasteiger partial charge on any atom is -0.480 e. The number of carboxylic acids is 1. The van der Waals surface area contributed by atoms with Gasteiger partial charge in [-0.2, -0.15) is 0 Å². The number of hydrogen-bond acceptors (Lipinski definition) is 3. The quantitative estimate of drug-likeness (QED) is 0.478. The molecule has 0 heterocycles. The summed E-state index contributed by atoms with van der Waals surface area (Å²) >= 11 is 6.04. The van der Waals surface area contributed by atoms with E-state index in [0.717, 1.165) is 34.6 Å². The monoisotopic (exact) mass is 450 g/mol. The molecule has 0 fully saturated rings. The molecule has 0 spiro atoms. The second kappa shape index (κ2) is 9.88. The van der Waals surface area contributed by atoms with E-state index in [1.807, 2.05) is 55.5 Å². The molecular formula is C26H27ClN2O3. The molecule has 0 saturated heterocycles. The molecule has 1 unspecified atom stereocenters. The number of carboxylic acid groups (broad SMARTS) is 1. The summed E-state index contributed by atoms with van der Waals surface area (Å²) in [6.07, 6.45) is 0. The zero-order valence-electron chi connectivity index (χ0n) is 18.7. The van der Waals surface area contributed by atoms with Crippen LogP contribution in [0.5, 0.6) is 0 Å². The van der Waals surface area contributed by atoms with Gasteiger partial charge < -0.3 is 14.9 Å². The smallest absolute Gasteiger partial charge is 0.326 e. The van der Waals surface area contributed by atoms with Crippen LogP contribution in [0.3, 0.4) is 0 Å². The molecule has 1 amide bonds. The highest BCUT2D eigenvalue weighted by molar-refractivity contribution is 6.30. The number of carbonyl (C=O) groups excluding carboxylic acids is 1. The molecule has 1 atom stereocenters. The van der Waals surface area contributed by atoms with Crippen molar-refractivity contribution in [2.45, 2.75) is 26.8 Å². The first-order valence-corrected chi connectivity index (χ1v) is 10.8. The third-order valence-electron chi connectivity index (χ3n) is 5.66. The van der Waals surface area contributed by atoms with Gasteiger partial charge in [0.1, 0.15) is 6.04 Å². The summed E-state index contributed by atoms with van der Waals surface area (Å²) in [4.78, 5) is 27.4. The number of nitrogens with zero attached hydrogens (tertiary/aromatic N) is 2. The fourth-order valence-electron chi connectivity index (χ4n) is 3.60. The number of aryl methyl sites for hydroxylation is 1. The van der Waals surface area contributed by atoms with Crippen LogP contribution < -0.4 is 4.90 Å². The van der Waals surface area contributed by atoms with Gasteiger partial charge in [0, 0.05) is 35.6 Å². The van der Waals surface area contributed by atoms with Gasteiger partial charge in [0.05, 0.1) is 0 Å². The standard InChI is InChI=1S/C26H27ClN2O3/c1-5-29(22-12-10-21(27)11-13-22)23-8-6-7-19(16-23)20-9-14-24(17(2)15-20)25(30)28(4)18(3)26(31)32/h6-16,18H,5H2,1-4H3,(H,31,32). The van der Waals surface area contributed by atoms with Crippen LogP contribution in [0, 0.1) is 6.92 Å². The third kappa shape index (κ3) is 4.94. The van der Waals surface area contributed by atoms with Crippen LogP contribution in [0.1, 0.15) is 29.8 Å². The summed E-state index contributed by atoms with van der Waals surface area (Å²) in [5.41, 5.74) is 5.43. The Bertz CT molecular complexity index is 1130. The minimum absolute atomic E-state index is 0.308. The van der Waals surface area contributed by atoms with E-state index < -0.39 is 12.0 Å². The van der Waals surface area contributed by atoms with Crippen LogP contribution in [0.25, 0.3) is 11.1 Å². The van der Waals surface area contributed by atoms with Gasteiger partial charge in [-0.3, -0.25) is 4.79 Å². The number of halogens is 1. The third-order valence-corrected chi connectivity index (χ3v) is 5.91. The summed E-state index contributed by atoms with van der Waals surface area (Å²) in [6, 6.07) is 20.7. The van der Waals surface area contributed by atoms with Gasteiger partial charge in [0.15, 0.2) is 0 Å². The summed E-state index contributed by atoms with van der Waals surface area (Å²) < 4.78 is 0. The van der Waals surface area contributed by atoms with E-state index in [-0.39, 0.29) is 5.91 Å². The highest BCUT2D eigenvalue weighted by Gasteiger charge is 2.24. The van der Waals surface area contributed by atoms with E-state index in [2.05, 4.69) is 24.0 Å². The molecule has 0 aliphatic carbocycles. The molecule has 166 valence electrons. The number of aliphatic carboxylic acids is 1. The largest absolute Gasteiger partial charge is 0.480 e. The molecule has 0 aliphatic rings. The molecule has 3 aromatic rings. The van der Waals surface area contributed by atoms with Crippen LogP contribution >= 0.6 is 11.6 Å². The molecule has 0 aromatic heterocycles. The minimum atomic E-state index is -1.03. The van der Waals surface area contributed by atoms with E-state index in [4.69, 9.17) is 11.6 Å². The van der Waals surface area contributed by atoms with E-state index in [1.54, 1.807) is 6.07 Å². The van der Waals surface area contributed by atoms with E-state index in [9.17, 15) is 14.7 Å². The summed E-state index contributed by atoms with van der Waals surface area (Å²) in [7, 11) is 1.51. The van der Waals surface area contributed by atoms with Crippen LogP contribution in [-0.2, 0) is 4.79 Å². The van der Waals surface area contributed by atoms with Crippen LogP contribution in [-0.4, -0.2) is 41.5 Å². The highest BCUT2D eigenvalue weighted by atomic mass is 35.5. The van der Waals surface area contributed by atoms with Crippen molar-refractivity contribution in [3.05, 3.63) is 82.9 Å². The van der Waals surface area contributed by atoms with Crippen molar-refractivity contribution in [1.82, 2.24) is 4.90 Å². The molecule has 0 aliphatic heterocycles. The lowest BCUT2D eigenvalue weighted by atomic mass is 9.98. The maximum Gasteiger partial charge on any atom is 0.326 e. The van der Waals surface area contributed by atoms with Crippen molar-refractivity contribution in [1.29, 1.82) is 0 Å². The van der Waals surface area contributed by atoms with Gasteiger partial charge in [0.2, 0.25) is 0 Å². The Morgan fingerprint density at radius 3 is 2.22 bits per heavy atom. The molecule has 32 heavy (non-hydrogen) atoms. The Kier molecular flexibility index (Phi) is 7.21. The number of carbonyl (C=O) groups is 2. The Labute approximate surface area is 193 Å². The van der Waals surface area contributed by atoms with Crippen molar-refractivity contribution in [2.24, 2.45) is 0 Å². The molecular weight excluding hydrogens is 424 g/mol. The summed E-state index contributed by atoms with van der Waals surface area (Å²) in [5.74, 6) is -1.34. The van der Waals surface area contributed by atoms with E-state index in [1.165, 1.54) is 18.9 Å². The zero-order chi connectivity index (χ0) is 23.4. The Morgan fingerprint density at radius 1 is 0.969 bits per heavy atom. The van der Waals surface area contributed by atoms with E-state index in [0.29, 0.717) is 10.6 Å². The maximum absolute atomic E-state index is 12.8. The Hall–Kier alpha value is -3.31. The lowest BCUT2D eigenvalue weighted by molar-refractivity contribution is -0.141. The average Bonchev–Trinajstić information content (AvgIpc) is 2.79. The maximum atomic E-state index is 12.8. The SMILES string of the molecule is CCN(c1ccc(Cl)cc1)c1cccc(-c2ccc(C(=O)N(C)C(C)C(=O)O)c(C)c2)c1. The van der Waals surface area contributed by atoms with E-state index >= 15 is 0 Å². The molecule has 5 nitrogen and oxygen atoms in total. The van der Waals surface area contributed by atoms with Crippen molar-refractivity contribution < 1.29 is 14.7 Å². The van der Waals surface area contributed by atoms with Gasteiger partial charge in [-0.1, -0.05) is 35.9 Å². The van der Waals surface area contributed by atoms with Crippen molar-refractivity contribution in [2.75, 3.05) is 18.5 Å². The first-order valence-electron chi connectivity index (χ1n) is 10.5. The highest BCUT2D eigenvalue weighted by Crippen LogP contribution is 2.31. The van der Waals surface area contributed by atoms with Crippen molar-refractivity contribution >= 4 is 34.9 Å². The van der Waals surface area contributed by atoms with Gasteiger partial charge in [-0.15, -0.1) is 0 Å². The zero-order valence-corrected chi connectivity index (χ0v) is 19.4. The second-order valence-corrected chi connectivity index (χ2v) is 8.17. The Morgan fingerprint density at radius 2 is 1.62 bits per heavy atom. The molecule has 6 heteroatoms. The number of benzene rings is 3. The molecule has 0 saturated carbocycles. The molecule has 0 bridgehead atoms. The number of rotatable bonds is 7. The first-order chi connectivity index (χ1) is 15.2. The second-order valence-electron chi connectivity index (χ2n) is 7.73. The lowest BCUT2D eigenvalue weighted by Gasteiger charge is -2.24. The first kappa shape index (κ1) is 23.4. The Balaban J connectivity index is 1.91. The fourth-order valence-corrected chi connectivity index (χ4v) is 3.73. The van der Waals surface area contributed by atoms with Gasteiger partial charge in [-0.25, -0.2) is 4.79 Å². The van der Waals surface area contributed by atoms with Crippen LogP contribution in [0.15, 0.2) is 66.7 Å². The molecule has 3 rings (SSSR count). The summed E-state index contributed by atoms with van der Waals surface area (Å²) in [5, 5.41) is 9.89. The molecule has 3 aromatic carbocycles. The van der Waals surface area contributed by atoms with Crippen molar-refractivity contribution in [3.63, 3.8) is 0 Å². The fraction of sp³-hybridized carbons (Fsp3) is 0.231. The number of likely N-dealkylation sites (N-methyl/N-ethyl adjacent to an activating group) is 1. The van der Waals surface area contributed by atoms with Gasteiger partial charge in [0.25, 0.3) is 5.91 Å².